The highest BCUT2D eigenvalue weighted by Gasteiger charge is 2.16. The minimum atomic E-state index is -3.43. The Kier molecular flexibility index (Phi) is 5.03. The van der Waals surface area contributed by atoms with Gasteiger partial charge in [-0.05, 0) is 42.3 Å². The molecule has 0 aliphatic heterocycles. The highest BCUT2D eigenvalue weighted by atomic mass is 79.9. The summed E-state index contributed by atoms with van der Waals surface area (Å²) >= 11 is 3.36. The first kappa shape index (κ1) is 16.0. The number of hydrogen-bond acceptors (Lipinski definition) is 3. The van der Waals surface area contributed by atoms with Crippen LogP contribution in [0.3, 0.4) is 0 Å². The predicted octanol–water partition coefficient (Wildman–Crippen LogP) is 3.21. The molecule has 0 spiro atoms. The first-order chi connectivity index (χ1) is 9.85. The first-order valence-electron chi connectivity index (χ1n) is 6.45. The number of nitrogens with two attached hydrogens (primary N) is 1. The van der Waals surface area contributed by atoms with E-state index in [0.29, 0.717) is 11.3 Å². The van der Waals surface area contributed by atoms with E-state index in [9.17, 15) is 8.42 Å². The van der Waals surface area contributed by atoms with Crippen LogP contribution in [0, 0.1) is 0 Å². The van der Waals surface area contributed by atoms with E-state index in [2.05, 4.69) is 20.7 Å². The van der Waals surface area contributed by atoms with E-state index in [1.54, 1.807) is 24.3 Å². The molecule has 3 N–H and O–H groups in total. The van der Waals surface area contributed by atoms with Crippen molar-refractivity contribution >= 4 is 31.6 Å². The second-order valence-corrected chi connectivity index (χ2v) is 7.56. The highest BCUT2D eigenvalue weighted by Crippen LogP contribution is 2.18. The average Bonchev–Trinajstić information content (AvgIpc) is 2.38. The van der Waals surface area contributed by atoms with E-state index in [1.165, 1.54) is 0 Å². The van der Waals surface area contributed by atoms with Gasteiger partial charge in [-0.25, -0.2) is 13.1 Å². The Labute approximate surface area is 133 Å². The Morgan fingerprint density at radius 1 is 1.19 bits per heavy atom. The molecule has 2 aromatic rings. The van der Waals surface area contributed by atoms with Crippen molar-refractivity contribution in [2.24, 2.45) is 0 Å². The smallest absolute Gasteiger partial charge is 0.216 e. The van der Waals surface area contributed by atoms with Crippen molar-refractivity contribution < 1.29 is 8.42 Å². The normalized spacial score (nSPS) is 13.0. The summed E-state index contributed by atoms with van der Waals surface area (Å²) in [4.78, 5) is 0. The predicted molar refractivity (Wildman–Crippen MR) is 89.2 cm³/mol. The molecule has 4 nitrogen and oxygen atoms in total. The quantitative estimate of drug-likeness (QED) is 0.795. The Hall–Kier alpha value is -1.37. The van der Waals surface area contributed by atoms with E-state index in [1.807, 2.05) is 31.2 Å². The van der Waals surface area contributed by atoms with Gasteiger partial charge in [-0.15, -0.1) is 0 Å². The third-order valence-corrected chi connectivity index (χ3v) is 4.99. The fourth-order valence-corrected chi connectivity index (χ4v) is 3.67. The molecule has 112 valence electrons. The fourth-order valence-electron chi connectivity index (χ4n) is 2.03. The molecule has 0 amide bonds. The van der Waals surface area contributed by atoms with E-state index in [0.717, 1.165) is 10.0 Å². The van der Waals surface area contributed by atoms with Crippen LogP contribution in [-0.4, -0.2) is 8.42 Å². The summed E-state index contributed by atoms with van der Waals surface area (Å²) in [5, 5.41) is 0. The van der Waals surface area contributed by atoms with Crippen LogP contribution in [0.15, 0.2) is 53.0 Å². The van der Waals surface area contributed by atoms with Crippen molar-refractivity contribution in [2.45, 2.75) is 18.7 Å². The summed E-state index contributed by atoms with van der Waals surface area (Å²) in [7, 11) is -3.43. The van der Waals surface area contributed by atoms with Crippen molar-refractivity contribution in [3.63, 3.8) is 0 Å². The maximum absolute atomic E-state index is 12.2. The zero-order valence-corrected chi connectivity index (χ0v) is 14.0. The lowest BCUT2D eigenvalue weighted by molar-refractivity contribution is 0.566. The zero-order chi connectivity index (χ0) is 15.5. The SMILES string of the molecule is C[C@@H](NS(=O)(=O)Cc1cccc(N)c1)c1ccc(Br)cc1. The van der Waals surface area contributed by atoms with Crippen LogP contribution in [0.4, 0.5) is 5.69 Å². The van der Waals surface area contributed by atoms with Gasteiger partial charge < -0.3 is 5.73 Å². The van der Waals surface area contributed by atoms with E-state index in [4.69, 9.17) is 5.73 Å². The molecule has 0 aliphatic rings. The minimum Gasteiger partial charge on any atom is -0.399 e. The van der Waals surface area contributed by atoms with Gasteiger partial charge in [0.2, 0.25) is 10.0 Å². The average molecular weight is 369 g/mol. The van der Waals surface area contributed by atoms with Crippen LogP contribution in [-0.2, 0) is 15.8 Å². The molecule has 0 heterocycles. The van der Waals surface area contributed by atoms with Gasteiger partial charge in [0.25, 0.3) is 0 Å². The van der Waals surface area contributed by atoms with Gasteiger partial charge >= 0.3 is 0 Å². The maximum Gasteiger partial charge on any atom is 0.216 e. The second-order valence-electron chi connectivity index (χ2n) is 4.90. The zero-order valence-electron chi connectivity index (χ0n) is 11.6. The minimum absolute atomic E-state index is 0.0844. The van der Waals surface area contributed by atoms with Gasteiger partial charge in [0.05, 0.1) is 5.75 Å². The first-order valence-corrected chi connectivity index (χ1v) is 8.90. The monoisotopic (exact) mass is 368 g/mol. The van der Waals surface area contributed by atoms with E-state index < -0.39 is 10.0 Å². The molecular weight excluding hydrogens is 352 g/mol. The molecule has 1 atom stereocenters. The van der Waals surface area contributed by atoms with Crippen LogP contribution in [0.25, 0.3) is 0 Å². The molecule has 2 aromatic carbocycles. The summed E-state index contributed by atoms with van der Waals surface area (Å²) < 4.78 is 28.0. The van der Waals surface area contributed by atoms with Gasteiger partial charge in [0, 0.05) is 16.2 Å². The lowest BCUT2D eigenvalue weighted by Crippen LogP contribution is -2.28. The third kappa shape index (κ3) is 4.84. The molecule has 21 heavy (non-hydrogen) atoms. The van der Waals surface area contributed by atoms with Crippen molar-refractivity contribution in [1.82, 2.24) is 4.72 Å². The van der Waals surface area contributed by atoms with Crippen LogP contribution >= 0.6 is 15.9 Å². The van der Waals surface area contributed by atoms with Crippen LogP contribution in [0.1, 0.15) is 24.1 Å². The second kappa shape index (κ2) is 6.60. The summed E-state index contributed by atoms with van der Waals surface area (Å²) in [5.41, 5.74) is 7.81. The third-order valence-electron chi connectivity index (χ3n) is 3.03. The van der Waals surface area contributed by atoms with Gasteiger partial charge in [-0.3, -0.25) is 0 Å². The molecule has 6 heteroatoms. The Bertz CT molecular complexity index is 715. The Morgan fingerprint density at radius 3 is 2.48 bits per heavy atom. The van der Waals surface area contributed by atoms with Gasteiger partial charge in [-0.1, -0.05) is 40.2 Å². The Balaban J connectivity index is 2.08. The van der Waals surface area contributed by atoms with Crippen molar-refractivity contribution in [1.29, 1.82) is 0 Å². The lowest BCUT2D eigenvalue weighted by Gasteiger charge is -2.15. The molecule has 0 saturated heterocycles. The van der Waals surface area contributed by atoms with Crippen LogP contribution < -0.4 is 10.5 Å². The summed E-state index contributed by atoms with van der Waals surface area (Å²) in [5.74, 6) is -0.0844. The number of hydrogen-bond donors (Lipinski definition) is 2. The van der Waals surface area contributed by atoms with Crippen LogP contribution in [0.5, 0.6) is 0 Å². The van der Waals surface area contributed by atoms with E-state index in [-0.39, 0.29) is 11.8 Å². The number of halogens is 1. The maximum atomic E-state index is 12.2. The van der Waals surface area contributed by atoms with Crippen LogP contribution in [0.2, 0.25) is 0 Å². The standard InChI is InChI=1S/C15H17BrN2O2S/c1-11(13-5-7-14(16)8-6-13)18-21(19,20)10-12-3-2-4-15(17)9-12/h2-9,11,18H,10,17H2,1H3/t11-/m1/s1. The molecule has 0 aliphatic carbocycles. The molecule has 0 radical (unpaired) electrons. The molecular formula is C15H17BrN2O2S. The number of nitrogen functional groups attached to an aromatic ring is 1. The largest absolute Gasteiger partial charge is 0.399 e. The van der Waals surface area contributed by atoms with Crippen molar-refractivity contribution in [3.05, 3.63) is 64.1 Å². The molecule has 0 unspecified atom stereocenters. The molecule has 0 saturated carbocycles. The van der Waals surface area contributed by atoms with Gasteiger partial charge in [0.1, 0.15) is 0 Å². The van der Waals surface area contributed by atoms with Crippen molar-refractivity contribution in [3.8, 4) is 0 Å². The number of rotatable bonds is 5. The topological polar surface area (TPSA) is 72.2 Å². The fraction of sp³-hybridized carbons (Fsp3) is 0.200. The molecule has 0 bridgehead atoms. The molecule has 2 rings (SSSR count). The Morgan fingerprint density at radius 2 is 1.86 bits per heavy atom. The summed E-state index contributed by atoms with van der Waals surface area (Å²) in [6, 6.07) is 14.2. The van der Waals surface area contributed by atoms with Gasteiger partial charge in [0.15, 0.2) is 0 Å². The van der Waals surface area contributed by atoms with Crippen molar-refractivity contribution in [2.75, 3.05) is 5.73 Å². The number of nitrogens with one attached hydrogen (secondary N) is 1. The highest BCUT2D eigenvalue weighted by molar-refractivity contribution is 9.10. The summed E-state index contributed by atoms with van der Waals surface area (Å²) in [6.45, 7) is 1.82. The number of benzene rings is 2. The lowest BCUT2D eigenvalue weighted by atomic mass is 10.1. The molecule has 0 aromatic heterocycles. The van der Waals surface area contributed by atoms with E-state index >= 15 is 0 Å². The molecule has 0 fully saturated rings. The number of anilines is 1. The summed E-state index contributed by atoms with van der Waals surface area (Å²) in [6.07, 6.45) is 0. The van der Waals surface area contributed by atoms with Gasteiger partial charge in [-0.2, -0.15) is 0 Å². The number of sulfonamides is 1.